The smallest absolute Gasteiger partial charge is 0.320 e. The van der Waals surface area contributed by atoms with Crippen LogP contribution >= 0.6 is 0 Å². The molecule has 0 spiro atoms. The molecule has 2 saturated heterocycles. The number of carboxylic acids is 1. The van der Waals surface area contributed by atoms with Crippen molar-refractivity contribution in [3.8, 4) is 0 Å². The Balaban J connectivity index is 2.01. The van der Waals surface area contributed by atoms with Crippen LogP contribution in [0, 0.1) is 5.41 Å². The number of rotatable bonds is 2. The zero-order valence-electron chi connectivity index (χ0n) is 13.5. The predicted molar refractivity (Wildman–Crippen MR) is 81.2 cm³/mol. The Bertz CT molecular complexity index is 392. The number of piperidine rings is 2. The highest BCUT2D eigenvalue weighted by molar-refractivity contribution is 5.77. The van der Waals surface area contributed by atoms with Crippen LogP contribution in [0.15, 0.2) is 0 Å². The topological polar surface area (TPSA) is 60.9 Å². The second-order valence-electron chi connectivity index (χ2n) is 6.74. The van der Waals surface area contributed by atoms with Gasteiger partial charge in [-0.05, 0) is 52.4 Å². The van der Waals surface area contributed by atoms with Crippen molar-refractivity contribution in [3.05, 3.63) is 0 Å². The Labute approximate surface area is 127 Å². The largest absolute Gasteiger partial charge is 0.481 e. The third-order valence-corrected chi connectivity index (χ3v) is 5.54. The molecule has 0 aromatic carbocycles. The van der Waals surface area contributed by atoms with Crippen LogP contribution in [0.25, 0.3) is 0 Å². The number of carbonyl (C=O) groups excluding carboxylic acids is 1. The fourth-order valence-electron chi connectivity index (χ4n) is 3.81. The van der Waals surface area contributed by atoms with E-state index in [-0.39, 0.29) is 6.03 Å². The van der Waals surface area contributed by atoms with Gasteiger partial charge in [0.1, 0.15) is 0 Å². The summed E-state index contributed by atoms with van der Waals surface area (Å²) in [5.41, 5.74) is -0.629. The van der Waals surface area contributed by atoms with E-state index in [2.05, 4.69) is 13.8 Å². The number of nitrogens with zero attached hydrogens (tertiary/aromatic N) is 2. The number of hydrogen-bond acceptors (Lipinski definition) is 2. The van der Waals surface area contributed by atoms with E-state index in [1.165, 1.54) is 6.42 Å². The van der Waals surface area contributed by atoms with Crippen molar-refractivity contribution in [2.24, 2.45) is 5.41 Å². The van der Waals surface area contributed by atoms with E-state index in [0.717, 1.165) is 12.8 Å². The first-order chi connectivity index (χ1) is 9.91. The van der Waals surface area contributed by atoms with Gasteiger partial charge in [-0.1, -0.05) is 6.92 Å². The van der Waals surface area contributed by atoms with Crippen LogP contribution in [0.3, 0.4) is 0 Å². The SMILES string of the molecule is CCC1(C(=O)O)CCN(C(=O)N2[C@H](C)CCC[C@@H]2C)CC1. The molecule has 0 radical (unpaired) electrons. The summed E-state index contributed by atoms with van der Waals surface area (Å²) < 4.78 is 0. The molecule has 0 saturated carbocycles. The molecule has 21 heavy (non-hydrogen) atoms. The number of urea groups is 1. The van der Waals surface area contributed by atoms with Crippen LogP contribution in [-0.2, 0) is 4.79 Å². The lowest BCUT2D eigenvalue weighted by atomic mass is 9.76. The highest BCUT2D eigenvalue weighted by Crippen LogP contribution is 2.36. The molecule has 2 aliphatic heterocycles. The van der Waals surface area contributed by atoms with Gasteiger partial charge >= 0.3 is 12.0 Å². The van der Waals surface area contributed by atoms with Crippen molar-refractivity contribution in [2.45, 2.75) is 71.4 Å². The molecular weight excluding hydrogens is 268 g/mol. The monoisotopic (exact) mass is 296 g/mol. The van der Waals surface area contributed by atoms with E-state index >= 15 is 0 Å². The van der Waals surface area contributed by atoms with E-state index in [1.807, 2.05) is 16.7 Å². The minimum atomic E-state index is -0.711. The van der Waals surface area contributed by atoms with E-state index in [0.29, 0.717) is 44.4 Å². The quantitative estimate of drug-likeness (QED) is 0.852. The van der Waals surface area contributed by atoms with E-state index in [9.17, 15) is 14.7 Å². The van der Waals surface area contributed by atoms with Crippen LogP contribution in [0.1, 0.15) is 59.3 Å². The Hall–Kier alpha value is -1.26. The van der Waals surface area contributed by atoms with Gasteiger partial charge in [0, 0.05) is 25.2 Å². The Morgan fingerprint density at radius 2 is 1.67 bits per heavy atom. The summed E-state index contributed by atoms with van der Waals surface area (Å²) in [5.74, 6) is -0.711. The predicted octanol–water partition coefficient (Wildman–Crippen LogP) is 2.95. The number of likely N-dealkylation sites (tertiary alicyclic amines) is 2. The molecule has 2 fully saturated rings. The van der Waals surface area contributed by atoms with Crippen LogP contribution < -0.4 is 0 Å². The maximum absolute atomic E-state index is 12.7. The summed E-state index contributed by atoms with van der Waals surface area (Å²) in [7, 11) is 0. The van der Waals surface area contributed by atoms with E-state index in [4.69, 9.17) is 0 Å². The molecule has 0 unspecified atom stereocenters. The summed E-state index contributed by atoms with van der Waals surface area (Å²) in [6, 6.07) is 0.682. The number of amides is 2. The highest BCUT2D eigenvalue weighted by atomic mass is 16.4. The first kappa shape index (κ1) is 16.1. The molecule has 0 aromatic heterocycles. The molecule has 2 rings (SSSR count). The average molecular weight is 296 g/mol. The molecule has 5 heteroatoms. The lowest BCUT2D eigenvalue weighted by Gasteiger charge is -2.45. The van der Waals surface area contributed by atoms with Crippen LogP contribution in [-0.4, -0.2) is 52.1 Å². The Morgan fingerprint density at radius 3 is 2.10 bits per heavy atom. The van der Waals surface area contributed by atoms with Crippen LogP contribution in [0.4, 0.5) is 4.79 Å². The van der Waals surface area contributed by atoms with Gasteiger partial charge in [-0.2, -0.15) is 0 Å². The van der Waals surface area contributed by atoms with Crippen molar-refractivity contribution in [1.82, 2.24) is 9.80 Å². The average Bonchev–Trinajstić information content (AvgIpc) is 2.46. The molecule has 1 N–H and O–H groups in total. The van der Waals surface area contributed by atoms with Gasteiger partial charge in [0.15, 0.2) is 0 Å². The molecular formula is C16H28N2O3. The Morgan fingerprint density at radius 1 is 1.14 bits per heavy atom. The van der Waals surface area contributed by atoms with Crippen LogP contribution in [0.2, 0.25) is 0 Å². The van der Waals surface area contributed by atoms with Gasteiger partial charge in [0.05, 0.1) is 5.41 Å². The van der Waals surface area contributed by atoms with Crippen molar-refractivity contribution < 1.29 is 14.7 Å². The highest BCUT2D eigenvalue weighted by Gasteiger charge is 2.42. The van der Waals surface area contributed by atoms with Crippen molar-refractivity contribution in [1.29, 1.82) is 0 Å². The maximum Gasteiger partial charge on any atom is 0.320 e. The number of carboxylic acid groups (broad SMARTS) is 1. The molecule has 2 heterocycles. The van der Waals surface area contributed by atoms with Crippen molar-refractivity contribution in [3.63, 3.8) is 0 Å². The molecule has 120 valence electrons. The molecule has 0 aliphatic carbocycles. The Kier molecular flexibility index (Phi) is 4.79. The lowest BCUT2D eigenvalue weighted by molar-refractivity contribution is -0.152. The number of aliphatic carboxylic acids is 1. The third kappa shape index (κ3) is 3.01. The second kappa shape index (κ2) is 6.24. The molecule has 2 amide bonds. The minimum absolute atomic E-state index is 0.102. The van der Waals surface area contributed by atoms with Gasteiger partial charge in [-0.25, -0.2) is 4.79 Å². The summed E-state index contributed by atoms with van der Waals surface area (Å²) in [4.78, 5) is 28.1. The third-order valence-electron chi connectivity index (χ3n) is 5.54. The second-order valence-corrected chi connectivity index (χ2v) is 6.74. The summed E-state index contributed by atoms with van der Waals surface area (Å²) in [6.07, 6.45) is 5.10. The molecule has 5 nitrogen and oxygen atoms in total. The number of carbonyl (C=O) groups is 2. The summed E-state index contributed by atoms with van der Waals surface area (Å²) in [5, 5.41) is 9.43. The molecule has 0 aromatic rings. The fraction of sp³-hybridized carbons (Fsp3) is 0.875. The molecule has 2 aliphatic rings. The molecule has 2 atom stereocenters. The van der Waals surface area contributed by atoms with Crippen LogP contribution in [0.5, 0.6) is 0 Å². The minimum Gasteiger partial charge on any atom is -0.481 e. The van der Waals surface area contributed by atoms with E-state index in [1.54, 1.807) is 0 Å². The van der Waals surface area contributed by atoms with Gasteiger partial charge in [0.2, 0.25) is 0 Å². The first-order valence-electron chi connectivity index (χ1n) is 8.22. The zero-order chi connectivity index (χ0) is 15.6. The van der Waals surface area contributed by atoms with E-state index < -0.39 is 11.4 Å². The van der Waals surface area contributed by atoms with Gasteiger partial charge in [0.25, 0.3) is 0 Å². The normalized spacial score (nSPS) is 29.3. The fourth-order valence-corrected chi connectivity index (χ4v) is 3.81. The number of hydrogen-bond donors (Lipinski definition) is 1. The lowest BCUT2D eigenvalue weighted by Crippen LogP contribution is -2.56. The van der Waals surface area contributed by atoms with Gasteiger partial charge < -0.3 is 14.9 Å². The zero-order valence-corrected chi connectivity index (χ0v) is 13.5. The van der Waals surface area contributed by atoms with Gasteiger partial charge in [-0.3, -0.25) is 4.79 Å². The first-order valence-corrected chi connectivity index (χ1v) is 8.22. The standard InChI is InChI=1S/C16H28N2O3/c1-4-16(14(19)20)8-10-17(11-9-16)15(21)18-12(2)6-5-7-13(18)3/h12-13H,4-11H2,1-3H3,(H,19,20)/t12-,13+. The summed E-state index contributed by atoms with van der Waals surface area (Å²) >= 11 is 0. The van der Waals surface area contributed by atoms with Gasteiger partial charge in [-0.15, -0.1) is 0 Å². The summed E-state index contributed by atoms with van der Waals surface area (Å²) in [6.45, 7) is 7.29. The van der Waals surface area contributed by atoms with Crippen molar-refractivity contribution >= 4 is 12.0 Å². The van der Waals surface area contributed by atoms with Crippen molar-refractivity contribution in [2.75, 3.05) is 13.1 Å². The molecule has 0 bridgehead atoms. The maximum atomic E-state index is 12.7.